The number of hydrogen-bond acceptors (Lipinski definition) is 4. The summed E-state index contributed by atoms with van der Waals surface area (Å²) in [5.41, 5.74) is 2.70. The van der Waals surface area contributed by atoms with Gasteiger partial charge in [-0.15, -0.1) is 0 Å². The van der Waals surface area contributed by atoms with Crippen LogP contribution in [0.5, 0.6) is 0 Å². The molecule has 0 spiro atoms. The molecular weight excluding hydrogens is 480 g/mol. The third-order valence-electron chi connectivity index (χ3n) is 7.49. The second-order valence-corrected chi connectivity index (χ2v) is 11.1. The number of aromatic amines is 1. The van der Waals surface area contributed by atoms with Crippen LogP contribution in [0, 0.1) is 5.92 Å². The van der Waals surface area contributed by atoms with E-state index in [0.29, 0.717) is 12.3 Å². The molecule has 1 aliphatic rings. The van der Waals surface area contributed by atoms with E-state index in [-0.39, 0.29) is 24.3 Å². The molecule has 37 heavy (non-hydrogen) atoms. The summed E-state index contributed by atoms with van der Waals surface area (Å²) in [6.45, 7) is 1.84. The Morgan fingerprint density at radius 3 is 2.68 bits per heavy atom. The average molecular weight is 515 g/mol. The van der Waals surface area contributed by atoms with Crippen molar-refractivity contribution in [3.8, 4) is 0 Å². The van der Waals surface area contributed by atoms with Crippen molar-refractivity contribution < 1.29 is 9.59 Å². The van der Waals surface area contributed by atoms with E-state index < -0.39 is 5.54 Å². The molecule has 4 aromatic rings. The molecule has 0 radical (unpaired) electrons. The summed E-state index contributed by atoms with van der Waals surface area (Å²) >= 11 is 1.56. The summed E-state index contributed by atoms with van der Waals surface area (Å²) in [6, 6.07) is 15.7. The highest BCUT2D eigenvalue weighted by molar-refractivity contribution is 7.08. The van der Waals surface area contributed by atoms with Gasteiger partial charge in [-0.2, -0.15) is 11.3 Å². The summed E-state index contributed by atoms with van der Waals surface area (Å²) in [5.74, 6) is -0.0212. The van der Waals surface area contributed by atoms with Crippen molar-refractivity contribution in [2.75, 3.05) is 0 Å². The van der Waals surface area contributed by atoms with Crippen LogP contribution < -0.4 is 10.6 Å². The van der Waals surface area contributed by atoms with E-state index in [4.69, 9.17) is 0 Å². The van der Waals surface area contributed by atoms with Crippen LogP contribution in [0.1, 0.15) is 61.9 Å². The molecule has 2 unspecified atom stereocenters. The molecule has 7 heteroatoms. The van der Waals surface area contributed by atoms with Crippen LogP contribution in [0.4, 0.5) is 0 Å². The number of thiophene rings is 1. The molecule has 3 aromatic heterocycles. The molecule has 192 valence electrons. The van der Waals surface area contributed by atoms with Gasteiger partial charge >= 0.3 is 0 Å². The summed E-state index contributed by atoms with van der Waals surface area (Å²) in [4.78, 5) is 35.2. The van der Waals surface area contributed by atoms with E-state index in [2.05, 4.69) is 20.6 Å². The lowest BCUT2D eigenvalue weighted by Crippen LogP contribution is -2.59. The molecule has 0 bridgehead atoms. The van der Waals surface area contributed by atoms with Crippen molar-refractivity contribution >= 4 is 34.1 Å². The smallest absolute Gasteiger partial charge is 0.246 e. The Bertz CT molecular complexity index is 1330. The van der Waals surface area contributed by atoms with Crippen molar-refractivity contribution in [1.82, 2.24) is 20.6 Å². The van der Waals surface area contributed by atoms with Gasteiger partial charge in [-0.1, -0.05) is 43.5 Å². The van der Waals surface area contributed by atoms with Crippen LogP contribution in [0.25, 0.3) is 10.9 Å². The number of hydrogen-bond donors (Lipinski definition) is 3. The fraction of sp³-hybridized carbons (Fsp3) is 0.367. The molecule has 1 aliphatic carbocycles. The standard InChI is InChI=1S/C30H34N4O2S/c1-30(34-27(35)17-21-14-16-37-20-21,18-23-19-32-25-12-6-5-11-24(23)25)29(36)33-28(22-9-3-2-4-10-22)26-13-7-8-15-31-26/h5-8,11-16,19-20,22,28,32H,2-4,9-10,17-18H2,1H3,(H,33,36)(H,34,35). The number of nitrogens with zero attached hydrogens (tertiary/aromatic N) is 1. The molecule has 1 fully saturated rings. The normalized spacial score (nSPS) is 16.7. The highest BCUT2D eigenvalue weighted by Gasteiger charge is 2.39. The molecule has 1 aromatic carbocycles. The lowest BCUT2D eigenvalue weighted by atomic mass is 9.81. The van der Waals surface area contributed by atoms with Crippen LogP contribution in [-0.2, 0) is 22.4 Å². The predicted molar refractivity (Wildman–Crippen MR) is 148 cm³/mol. The first-order valence-corrected chi connectivity index (χ1v) is 14.0. The molecule has 3 N–H and O–H groups in total. The van der Waals surface area contributed by atoms with Gasteiger partial charge in [-0.3, -0.25) is 14.6 Å². The van der Waals surface area contributed by atoms with Crippen molar-refractivity contribution in [2.24, 2.45) is 5.92 Å². The van der Waals surface area contributed by atoms with Crippen molar-refractivity contribution in [1.29, 1.82) is 0 Å². The zero-order chi connectivity index (χ0) is 25.7. The Hall–Kier alpha value is -3.45. The highest BCUT2D eigenvalue weighted by Crippen LogP contribution is 2.34. The summed E-state index contributed by atoms with van der Waals surface area (Å²) in [5, 5.41) is 11.4. The maximum Gasteiger partial charge on any atom is 0.246 e. The number of para-hydroxylation sites is 1. The number of fused-ring (bicyclic) bond motifs is 1. The minimum absolute atomic E-state index is 0.164. The summed E-state index contributed by atoms with van der Waals surface area (Å²) in [7, 11) is 0. The molecular formula is C30H34N4O2S. The third kappa shape index (κ3) is 5.93. The zero-order valence-electron chi connectivity index (χ0n) is 21.2. The highest BCUT2D eigenvalue weighted by atomic mass is 32.1. The van der Waals surface area contributed by atoms with Gasteiger partial charge in [0.2, 0.25) is 11.8 Å². The number of nitrogens with one attached hydrogen (secondary N) is 3. The Labute approximate surface area is 221 Å². The van der Waals surface area contributed by atoms with Crippen molar-refractivity contribution in [3.05, 3.63) is 88.5 Å². The second kappa shape index (κ2) is 11.3. The number of rotatable bonds is 9. The van der Waals surface area contributed by atoms with Gasteiger partial charge in [0.25, 0.3) is 0 Å². The zero-order valence-corrected chi connectivity index (χ0v) is 22.0. The average Bonchev–Trinajstić information content (AvgIpc) is 3.58. The molecule has 1 saturated carbocycles. The lowest BCUT2D eigenvalue weighted by molar-refractivity contribution is -0.133. The summed E-state index contributed by atoms with van der Waals surface area (Å²) < 4.78 is 0. The monoisotopic (exact) mass is 514 g/mol. The number of amides is 2. The topological polar surface area (TPSA) is 86.9 Å². The fourth-order valence-corrected chi connectivity index (χ4v) is 6.20. The third-order valence-corrected chi connectivity index (χ3v) is 8.23. The molecule has 0 saturated heterocycles. The van der Waals surface area contributed by atoms with E-state index >= 15 is 0 Å². The lowest BCUT2D eigenvalue weighted by Gasteiger charge is -2.35. The summed E-state index contributed by atoms with van der Waals surface area (Å²) in [6.07, 6.45) is 10.0. The SMILES string of the molecule is CC(Cc1c[nH]c2ccccc12)(NC(=O)Cc1ccsc1)C(=O)NC(c1ccccn1)C1CCCCC1. The van der Waals surface area contributed by atoms with Gasteiger partial charge in [0.05, 0.1) is 18.2 Å². The first kappa shape index (κ1) is 25.2. The second-order valence-electron chi connectivity index (χ2n) is 10.3. The Morgan fingerprint density at radius 2 is 1.92 bits per heavy atom. The largest absolute Gasteiger partial charge is 0.361 e. The molecule has 2 amide bonds. The number of pyridine rings is 1. The number of carbonyl (C=O) groups is 2. The first-order valence-electron chi connectivity index (χ1n) is 13.1. The predicted octanol–water partition coefficient (Wildman–Crippen LogP) is 5.72. The van der Waals surface area contributed by atoms with E-state index in [9.17, 15) is 9.59 Å². The number of H-pyrrole nitrogens is 1. The Morgan fingerprint density at radius 1 is 1.11 bits per heavy atom. The van der Waals surface area contributed by atoms with Gasteiger partial charge in [-0.25, -0.2) is 0 Å². The Balaban J connectivity index is 1.44. The van der Waals surface area contributed by atoms with E-state index in [1.807, 2.05) is 72.4 Å². The molecule has 6 nitrogen and oxygen atoms in total. The Kier molecular flexibility index (Phi) is 7.70. The number of benzene rings is 1. The van der Waals surface area contributed by atoms with E-state index in [1.165, 1.54) is 6.42 Å². The van der Waals surface area contributed by atoms with Crippen molar-refractivity contribution in [2.45, 2.75) is 63.5 Å². The van der Waals surface area contributed by atoms with Crippen LogP contribution in [-0.4, -0.2) is 27.3 Å². The van der Waals surface area contributed by atoms with Crippen LogP contribution in [0.2, 0.25) is 0 Å². The van der Waals surface area contributed by atoms with Gasteiger partial charge in [0.15, 0.2) is 0 Å². The van der Waals surface area contributed by atoms with Crippen LogP contribution >= 0.6 is 11.3 Å². The fourth-order valence-electron chi connectivity index (χ4n) is 5.53. The first-order chi connectivity index (χ1) is 18.0. The molecule has 0 aliphatic heterocycles. The van der Waals surface area contributed by atoms with Gasteiger partial charge in [0, 0.05) is 29.7 Å². The van der Waals surface area contributed by atoms with E-state index in [1.54, 1.807) is 17.5 Å². The van der Waals surface area contributed by atoms with Crippen LogP contribution in [0.3, 0.4) is 0 Å². The number of aromatic nitrogens is 2. The maximum absolute atomic E-state index is 14.1. The van der Waals surface area contributed by atoms with Crippen LogP contribution in [0.15, 0.2) is 71.7 Å². The number of carbonyl (C=O) groups excluding carboxylic acids is 2. The van der Waals surface area contributed by atoms with E-state index in [0.717, 1.165) is 53.4 Å². The molecule has 2 atom stereocenters. The van der Waals surface area contributed by atoms with Crippen molar-refractivity contribution in [3.63, 3.8) is 0 Å². The molecule has 3 heterocycles. The van der Waals surface area contributed by atoms with Gasteiger partial charge in [0.1, 0.15) is 5.54 Å². The quantitative estimate of drug-likeness (QED) is 0.267. The minimum Gasteiger partial charge on any atom is -0.361 e. The van der Waals surface area contributed by atoms with Gasteiger partial charge in [-0.05, 0) is 71.8 Å². The maximum atomic E-state index is 14.1. The molecule has 5 rings (SSSR count). The minimum atomic E-state index is -1.14. The van der Waals surface area contributed by atoms with Gasteiger partial charge < -0.3 is 15.6 Å².